The molecule has 1 fully saturated rings. The summed E-state index contributed by atoms with van der Waals surface area (Å²) in [6.07, 6.45) is -0.134. The molecule has 1 aromatic rings. The second-order valence-electron chi connectivity index (χ2n) is 3.98. The predicted octanol–water partition coefficient (Wildman–Crippen LogP) is 0.539. The topological polar surface area (TPSA) is 80.8 Å². The highest BCUT2D eigenvalue weighted by Crippen LogP contribution is 2.28. The maximum Gasteiger partial charge on any atom is 0.330 e. The van der Waals surface area contributed by atoms with Crippen LogP contribution in [0.5, 0.6) is 0 Å². The molecule has 0 bridgehead atoms. The normalized spacial score (nSPS) is 18.9. The number of amides is 1. The Labute approximate surface area is 111 Å². The van der Waals surface area contributed by atoms with Crippen LogP contribution in [0.15, 0.2) is 35.2 Å². The summed E-state index contributed by atoms with van der Waals surface area (Å²) in [5.74, 6) is -1.29. The van der Waals surface area contributed by atoms with Gasteiger partial charge in [-0.05, 0) is 19.1 Å². The first-order valence-electron chi connectivity index (χ1n) is 5.77. The van der Waals surface area contributed by atoms with Crippen molar-refractivity contribution in [3.8, 4) is 0 Å². The lowest BCUT2D eigenvalue weighted by Gasteiger charge is -2.36. The first-order chi connectivity index (χ1) is 8.98. The van der Waals surface area contributed by atoms with Crippen molar-refractivity contribution in [2.75, 3.05) is 6.61 Å². The Kier molecular flexibility index (Phi) is 3.57. The lowest BCUT2D eigenvalue weighted by atomic mass is 10.1. The van der Waals surface area contributed by atoms with Gasteiger partial charge < -0.3 is 4.74 Å². The molecule has 1 heterocycles. The number of sulfonamides is 1. The van der Waals surface area contributed by atoms with Gasteiger partial charge in [0.1, 0.15) is 0 Å². The number of nitrogens with zero attached hydrogens (tertiary/aromatic N) is 1. The molecular formula is C12H13NO5S. The van der Waals surface area contributed by atoms with E-state index < -0.39 is 27.9 Å². The Bertz CT molecular complexity index is 596. The van der Waals surface area contributed by atoms with Crippen molar-refractivity contribution in [3.05, 3.63) is 30.3 Å². The van der Waals surface area contributed by atoms with E-state index in [2.05, 4.69) is 0 Å². The average Bonchev–Trinajstić information content (AvgIpc) is 2.36. The fraction of sp³-hybridized carbons (Fsp3) is 0.333. The number of β-lactam (4-membered cyclic amide) rings is 1. The van der Waals surface area contributed by atoms with Gasteiger partial charge in [-0.1, -0.05) is 18.2 Å². The van der Waals surface area contributed by atoms with E-state index in [1.807, 2.05) is 0 Å². The van der Waals surface area contributed by atoms with E-state index in [1.165, 1.54) is 12.1 Å². The summed E-state index contributed by atoms with van der Waals surface area (Å²) in [6, 6.07) is 6.48. The van der Waals surface area contributed by atoms with Crippen molar-refractivity contribution < 1.29 is 22.7 Å². The molecule has 0 aliphatic carbocycles. The Morgan fingerprint density at radius 3 is 2.53 bits per heavy atom. The van der Waals surface area contributed by atoms with Gasteiger partial charge in [-0.2, -0.15) is 0 Å². The molecule has 2 rings (SSSR count). The zero-order valence-electron chi connectivity index (χ0n) is 10.3. The van der Waals surface area contributed by atoms with E-state index >= 15 is 0 Å². The van der Waals surface area contributed by atoms with Crippen LogP contribution in [0.2, 0.25) is 0 Å². The van der Waals surface area contributed by atoms with Crippen molar-refractivity contribution >= 4 is 21.9 Å². The first-order valence-corrected chi connectivity index (χ1v) is 7.21. The average molecular weight is 283 g/mol. The van der Waals surface area contributed by atoms with E-state index in [0.717, 1.165) is 0 Å². The third-order valence-corrected chi connectivity index (χ3v) is 4.60. The van der Waals surface area contributed by atoms with E-state index in [0.29, 0.717) is 4.31 Å². The largest absolute Gasteiger partial charge is 0.464 e. The lowest BCUT2D eigenvalue weighted by Crippen LogP contribution is -2.59. The number of hydrogen-bond acceptors (Lipinski definition) is 5. The molecule has 7 heteroatoms. The number of carbonyl (C=O) groups is 2. The molecule has 0 aromatic heterocycles. The SMILES string of the molecule is CCOC(=O)C1CC(=O)N1S(=O)(=O)c1ccccc1. The highest BCUT2D eigenvalue weighted by atomic mass is 32.2. The van der Waals surface area contributed by atoms with E-state index in [1.54, 1.807) is 25.1 Å². The number of carbonyl (C=O) groups excluding carboxylic acids is 2. The molecule has 0 spiro atoms. The van der Waals surface area contributed by atoms with Crippen molar-refractivity contribution in [1.29, 1.82) is 0 Å². The van der Waals surface area contributed by atoms with Gasteiger partial charge in [0.2, 0.25) is 5.91 Å². The van der Waals surface area contributed by atoms with Crippen LogP contribution >= 0.6 is 0 Å². The van der Waals surface area contributed by atoms with Gasteiger partial charge in [-0.3, -0.25) is 4.79 Å². The third-order valence-electron chi connectivity index (χ3n) is 2.76. The standard InChI is InChI=1S/C12H13NO5S/c1-2-18-12(15)10-8-11(14)13(10)19(16,17)9-6-4-3-5-7-9/h3-7,10H,2,8H2,1H3. The molecule has 0 radical (unpaired) electrons. The Hall–Kier alpha value is -1.89. The molecule has 0 saturated carbocycles. The maximum atomic E-state index is 12.2. The van der Waals surface area contributed by atoms with Crippen LogP contribution in [0, 0.1) is 0 Å². The van der Waals surface area contributed by atoms with Crippen LogP contribution < -0.4 is 0 Å². The number of hydrogen-bond donors (Lipinski definition) is 0. The molecule has 19 heavy (non-hydrogen) atoms. The van der Waals surface area contributed by atoms with Gasteiger partial charge in [0.15, 0.2) is 6.04 Å². The summed E-state index contributed by atoms with van der Waals surface area (Å²) < 4.78 is 29.8. The fourth-order valence-corrected chi connectivity index (χ4v) is 3.39. The van der Waals surface area contributed by atoms with Crippen molar-refractivity contribution in [1.82, 2.24) is 4.31 Å². The Morgan fingerprint density at radius 1 is 1.37 bits per heavy atom. The van der Waals surface area contributed by atoms with Crippen LogP contribution in [0.4, 0.5) is 0 Å². The third kappa shape index (κ3) is 2.33. The minimum absolute atomic E-state index is 0.0163. The van der Waals surface area contributed by atoms with Gasteiger partial charge >= 0.3 is 5.97 Å². The van der Waals surface area contributed by atoms with Gasteiger partial charge in [0.05, 0.1) is 17.9 Å². The molecule has 1 aliphatic heterocycles. The van der Waals surface area contributed by atoms with Gasteiger partial charge in [-0.15, -0.1) is 0 Å². The lowest BCUT2D eigenvalue weighted by molar-refractivity contribution is -0.159. The van der Waals surface area contributed by atoms with E-state index in [4.69, 9.17) is 4.74 Å². The molecule has 1 saturated heterocycles. The maximum absolute atomic E-state index is 12.2. The molecule has 102 valence electrons. The van der Waals surface area contributed by atoms with Crippen LogP contribution in [-0.4, -0.2) is 37.2 Å². The molecule has 0 N–H and O–H groups in total. The smallest absolute Gasteiger partial charge is 0.330 e. The highest BCUT2D eigenvalue weighted by molar-refractivity contribution is 7.89. The zero-order chi connectivity index (χ0) is 14.0. The number of esters is 1. The number of ether oxygens (including phenoxy) is 1. The number of rotatable bonds is 4. The molecule has 1 aromatic carbocycles. The van der Waals surface area contributed by atoms with Crippen molar-refractivity contribution in [2.45, 2.75) is 24.3 Å². The predicted molar refractivity (Wildman–Crippen MR) is 65.5 cm³/mol. The van der Waals surface area contributed by atoms with Gasteiger partial charge in [0, 0.05) is 0 Å². The van der Waals surface area contributed by atoms with Crippen LogP contribution in [0.1, 0.15) is 13.3 Å². The zero-order valence-corrected chi connectivity index (χ0v) is 11.1. The number of benzene rings is 1. The Morgan fingerprint density at radius 2 is 2.00 bits per heavy atom. The molecular weight excluding hydrogens is 270 g/mol. The summed E-state index contributed by atoms with van der Waals surface area (Å²) in [7, 11) is -3.98. The molecule has 1 aliphatic rings. The molecule has 1 amide bonds. The van der Waals surface area contributed by atoms with Crippen LogP contribution in [-0.2, 0) is 24.3 Å². The van der Waals surface area contributed by atoms with E-state index in [-0.39, 0.29) is 17.9 Å². The van der Waals surface area contributed by atoms with Gasteiger partial charge in [-0.25, -0.2) is 17.5 Å². The second-order valence-corrected chi connectivity index (χ2v) is 5.79. The van der Waals surface area contributed by atoms with Crippen LogP contribution in [0.3, 0.4) is 0 Å². The summed E-state index contributed by atoms with van der Waals surface area (Å²) in [6.45, 7) is 1.76. The highest BCUT2D eigenvalue weighted by Gasteiger charge is 2.49. The molecule has 6 nitrogen and oxygen atoms in total. The monoisotopic (exact) mass is 283 g/mol. The minimum Gasteiger partial charge on any atom is -0.464 e. The second kappa shape index (κ2) is 5.00. The van der Waals surface area contributed by atoms with Crippen molar-refractivity contribution in [3.63, 3.8) is 0 Å². The Balaban J connectivity index is 2.30. The van der Waals surface area contributed by atoms with Gasteiger partial charge in [0.25, 0.3) is 10.0 Å². The fourth-order valence-electron chi connectivity index (χ4n) is 1.82. The summed E-state index contributed by atoms with van der Waals surface area (Å²) >= 11 is 0. The van der Waals surface area contributed by atoms with Crippen LogP contribution in [0.25, 0.3) is 0 Å². The minimum atomic E-state index is -3.98. The quantitative estimate of drug-likeness (QED) is 0.595. The molecule has 1 atom stereocenters. The summed E-state index contributed by atoms with van der Waals surface area (Å²) in [5, 5.41) is 0. The molecule has 1 unspecified atom stereocenters. The summed E-state index contributed by atoms with van der Waals surface area (Å²) in [5.41, 5.74) is 0. The first kappa shape index (κ1) is 13.5. The summed E-state index contributed by atoms with van der Waals surface area (Å²) in [4.78, 5) is 23.1. The van der Waals surface area contributed by atoms with Crippen molar-refractivity contribution in [2.24, 2.45) is 0 Å². The van der Waals surface area contributed by atoms with E-state index in [9.17, 15) is 18.0 Å².